The van der Waals surface area contributed by atoms with Crippen molar-refractivity contribution in [2.75, 3.05) is 0 Å². The minimum atomic E-state index is -1.42. The molecule has 0 aliphatic rings. The zero-order valence-corrected chi connectivity index (χ0v) is 23.7. The number of H-pyrrole nitrogens is 1. The normalized spacial score (nSPS) is 12.3. The molecule has 0 unspecified atom stereocenters. The molecule has 0 radical (unpaired) electrons. The number of hydrogen-bond donors (Lipinski definition) is 1. The first-order chi connectivity index (χ1) is 17.4. The number of aryl methyl sites for hydroxylation is 1. The lowest BCUT2D eigenvalue weighted by atomic mass is 9.83. The molecule has 6 heteroatoms. The molecule has 0 spiro atoms. The number of aromatic nitrogens is 4. The quantitative estimate of drug-likeness (QED) is 0.283. The first-order valence-electron chi connectivity index (χ1n) is 12.7. The second-order valence-corrected chi connectivity index (χ2v) is 16.9. The Hall–Kier alpha value is -3.77. The second-order valence-electron chi connectivity index (χ2n) is 11.8. The number of fused-ring (bicyclic) bond motifs is 1. The van der Waals surface area contributed by atoms with Crippen LogP contribution in [0.1, 0.15) is 26.3 Å². The lowest BCUT2D eigenvalue weighted by molar-refractivity contribution is 0.590. The van der Waals surface area contributed by atoms with Gasteiger partial charge < -0.3 is 9.55 Å². The number of nitrogens with zero attached hydrogens (tertiary/aromatic N) is 3. The molecule has 0 saturated heterocycles. The molecule has 3 aromatic heterocycles. The van der Waals surface area contributed by atoms with Gasteiger partial charge in [0, 0.05) is 30.6 Å². The average molecular weight is 507 g/mol. The zero-order valence-electron chi connectivity index (χ0n) is 22.7. The Morgan fingerprint density at radius 2 is 1.62 bits per heavy atom. The van der Waals surface area contributed by atoms with Crippen molar-refractivity contribution in [3.8, 4) is 33.8 Å². The van der Waals surface area contributed by atoms with Gasteiger partial charge in [0.25, 0.3) is 5.56 Å². The minimum absolute atomic E-state index is 0.0382. The maximum Gasteiger partial charge on any atom is 0.258 e. The average Bonchev–Trinajstić information content (AvgIpc) is 3.19. The van der Waals surface area contributed by atoms with E-state index < -0.39 is 8.07 Å². The Morgan fingerprint density at radius 3 is 2.27 bits per heavy atom. The van der Waals surface area contributed by atoms with Crippen molar-refractivity contribution in [1.82, 2.24) is 19.5 Å². The van der Waals surface area contributed by atoms with E-state index in [4.69, 9.17) is 9.97 Å². The number of para-hydroxylation sites is 1. The van der Waals surface area contributed by atoms with Crippen molar-refractivity contribution in [3.05, 3.63) is 89.0 Å². The molecule has 0 amide bonds. The molecular formula is C31H34N4OSi. The molecule has 0 atom stereocenters. The Morgan fingerprint density at radius 1 is 0.892 bits per heavy atom. The van der Waals surface area contributed by atoms with E-state index in [9.17, 15) is 4.79 Å². The number of imidazole rings is 1. The van der Waals surface area contributed by atoms with E-state index in [-0.39, 0.29) is 11.0 Å². The summed E-state index contributed by atoms with van der Waals surface area (Å²) in [5.41, 5.74) is 7.67. The largest absolute Gasteiger partial charge is 0.328 e. The molecule has 0 bridgehead atoms. The summed E-state index contributed by atoms with van der Waals surface area (Å²) in [5, 5.41) is 1.35. The molecule has 37 heavy (non-hydrogen) atoms. The minimum Gasteiger partial charge on any atom is -0.328 e. The van der Waals surface area contributed by atoms with E-state index in [1.54, 1.807) is 6.20 Å². The first-order valence-corrected chi connectivity index (χ1v) is 16.2. The molecule has 0 saturated carbocycles. The molecule has 0 aliphatic carbocycles. The van der Waals surface area contributed by atoms with Gasteiger partial charge in [0.2, 0.25) is 0 Å². The second kappa shape index (κ2) is 8.96. The molecule has 188 valence electrons. The number of hydrogen-bond acceptors (Lipinski definition) is 3. The molecule has 1 N–H and O–H groups in total. The van der Waals surface area contributed by atoms with Crippen LogP contribution in [-0.2, 0) is 12.5 Å². The highest BCUT2D eigenvalue weighted by atomic mass is 28.3. The van der Waals surface area contributed by atoms with E-state index in [0.717, 1.165) is 33.4 Å². The summed E-state index contributed by atoms with van der Waals surface area (Å²) in [6.07, 6.45) is 3.69. The van der Waals surface area contributed by atoms with Crippen LogP contribution in [0.15, 0.2) is 77.9 Å². The summed E-state index contributed by atoms with van der Waals surface area (Å²) in [6.45, 7) is 13.7. The molecule has 5 rings (SSSR count). The van der Waals surface area contributed by atoms with Crippen LogP contribution in [0.5, 0.6) is 0 Å². The Bertz CT molecular complexity index is 1670. The van der Waals surface area contributed by atoms with Crippen LogP contribution < -0.4 is 10.7 Å². The summed E-state index contributed by atoms with van der Waals surface area (Å²) in [7, 11) is 0.535. The SMILES string of the molecule is Cn1c(-c2ccc[nH]c2=O)nc2c(-c3cc(-c4ccc([Si](C)(C)C)cn4)cc(C(C)(C)C)c3)cccc21. The summed E-state index contributed by atoms with van der Waals surface area (Å²) >= 11 is 0. The highest BCUT2D eigenvalue weighted by Gasteiger charge is 2.21. The first kappa shape index (κ1) is 24.9. The van der Waals surface area contributed by atoms with Gasteiger partial charge in [-0.05, 0) is 58.1 Å². The number of aromatic amines is 1. The van der Waals surface area contributed by atoms with Gasteiger partial charge in [-0.2, -0.15) is 0 Å². The maximum absolute atomic E-state index is 12.5. The van der Waals surface area contributed by atoms with E-state index in [1.165, 1.54) is 10.8 Å². The monoisotopic (exact) mass is 506 g/mol. The molecule has 0 aliphatic heterocycles. The van der Waals surface area contributed by atoms with Gasteiger partial charge in [0.1, 0.15) is 5.82 Å². The van der Waals surface area contributed by atoms with E-state index in [0.29, 0.717) is 11.4 Å². The summed E-state index contributed by atoms with van der Waals surface area (Å²) in [6, 6.07) is 21.0. The predicted octanol–water partition coefficient (Wildman–Crippen LogP) is 6.50. The standard InChI is InChI=1S/C31H34N4OSi/c1-31(2,3)22-17-20(16-21(18-22)26-14-13-23(19-33-26)37(5,6)7)24-10-8-12-27-28(24)34-29(35(27)4)25-11-9-15-32-30(25)36/h8-19H,1-7H3,(H,32,36). The van der Waals surface area contributed by atoms with Crippen molar-refractivity contribution in [1.29, 1.82) is 0 Å². The van der Waals surface area contributed by atoms with Crippen molar-refractivity contribution in [2.24, 2.45) is 7.05 Å². The molecule has 3 heterocycles. The molecular weight excluding hydrogens is 472 g/mol. The van der Waals surface area contributed by atoms with Gasteiger partial charge in [0.05, 0.1) is 30.4 Å². The Kier molecular flexibility index (Phi) is 6.03. The Labute approximate surface area is 219 Å². The molecule has 0 fully saturated rings. The predicted molar refractivity (Wildman–Crippen MR) is 157 cm³/mol. The zero-order chi connectivity index (χ0) is 26.5. The highest BCUT2D eigenvalue weighted by molar-refractivity contribution is 6.88. The lowest BCUT2D eigenvalue weighted by Gasteiger charge is -2.22. The fraction of sp³-hybridized carbons (Fsp3) is 0.258. The summed E-state index contributed by atoms with van der Waals surface area (Å²) in [4.78, 5) is 25.2. The lowest BCUT2D eigenvalue weighted by Crippen LogP contribution is -2.37. The van der Waals surface area contributed by atoms with Crippen LogP contribution in [0.25, 0.3) is 44.8 Å². The third-order valence-electron chi connectivity index (χ3n) is 7.01. The van der Waals surface area contributed by atoms with Crippen LogP contribution in [0, 0.1) is 0 Å². The number of rotatable bonds is 4. The van der Waals surface area contributed by atoms with Crippen LogP contribution in [-0.4, -0.2) is 27.6 Å². The molecule has 5 aromatic rings. The van der Waals surface area contributed by atoms with Crippen LogP contribution in [0.4, 0.5) is 0 Å². The molecule has 5 nitrogen and oxygen atoms in total. The third kappa shape index (κ3) is 4.69. The van der Waals surface area contributed by atoms with Gasteiger partial charge in [-0.15, -0.1) is 0 Å². The number of pyridine rings is 2. The van der Waals surface area contributed by atoms with Crippen molar-refractivity contribution in [3.63, 3.8) is 0 Å². The van der Waals surface area contributed by atoms with E-state index in [2.05, 4.69) is 93.9 Å². The molecule has 2 aromatic carbocycles. The fourth-order valence-electron chi connectivity index (χ4n) is 4.66. The van der Waals surface area contributed by atoms with Gasteiger partial charge in [-0.25, -0.2) is 4.98 Å². The van der Waals surface area contributed by atoms with Crippen LogP contribution >= 0.6 is 0 Å². The number of nitrogens with one attached hydrogen (secondary N) is 1. The van der Waals surface area contributed by atoms with Crippen LogP contribution in [0.3, 0.4) is 0 Å². The third-order valence-corrected chi connectivity index (χ3v) is 9.03. The summed E-state index contributed by atoms with van der Waals surface area (Å²) < 4.78 is 1.99. The van der Waals surface area contributed by atoms with Crippen LogP contribution in [0.2, 0.25) is 19.6 Å². The topological polar surface area (TPSA) is 63.6 Å². The van der Waals surface area contributed by atoms with Crippen molar-refractivity contribution in [2.45, 2.75) is 45.8 Å². The van der Waals surface area contributed by atoms with Crippen molar-refractivity contribution >= 4 is 24.3 Å². The summed E-state index contributed by atoms with van der Waals surface area (Å²) in [5.74, 6) is 0.653. The smallest absolute Gasteiger partial charge is 0.258 e. The van der Waals surface area contributed by atoms with Gasteiger partial charge in [-0.1, -0.05) is 64.7 Å². The van der Waals surface area contributed by atoms with Gasteiger partial charge in [-0.3, -0.25) is 9.78 Å². The Balaban J connectivity index is 1.71. The van der Waals surface area contributed by atoms with E-state index in [1.807, 2.05) is 29.9 Å². The van der Waals surface area contributed by atoms with Crippen molar-refractivity contribution < 1.29 is 0 Å². The van der Waals surface area contributed by atoms with Gasteiger partial charge >= 0.3 is 0 Å². The van der Waals surface area contributed by atoms with E-state index >= 15 is 0 Å². The van der Waals surface area contributed by atoms with Gasteiger partial charge in [0.15, 0.2) is 0 Å². The fourth-order valence-corrected chi connectivity index (χ4v) is 5.69. The highest BCUT2D eigenvalue weighted by Crippen LogP contribution is 2.36. The maximum atomic E-state index is 12.5. The number of benzene rings is 2.